The summed E-state index contributed by atoms with van der Waals surface area (Å²) in [6.45, 7) is 1.81. The topological polar surface area (TPSA) is 117 Å². The molecule has 0 fully saturated rings. The van der Waals surface area contributed by atoms with Crippen molar-refractivity contribution in [1.82, 2.24) is 14.8 Å². The van der Waals surface area contributed by atoms with E-state index in [4.69, 9.17) is 10.9 Å². The summed E-state index contributed by atoms with van der Waals surface area (Å²) in [6.07, 6.45) is 0. The molecule has 0 aliphatic heterocycles. The number of primary sulfonamides is 1. The van der Waals surface area contributed by atoms with Crippen LogP contribution in [0, 0.1) is 6.92 Å². The van der Waals surface area contributed by atoms with Gasteiger partial charge in [0.1, 0.15) is 5.82 Å². The summed E-state index contributed by atoms with van der Waals surface area (Å²) >= 11 is 1.17. The fourth-order valence-corrected chi connectivity index (χ4v) is 3.37. The molecule has 0 spiro atoms. The molecule has 0 saturated carbocycles. The monoisotopic (exact) mass is 299 g/mol. The molecule has 1 aromatic carbocycles. The Kier molecular flexibility index (Phi) is 3.52. The second-order valence-electron chi connectivity index (χ2n) is 3.94. The molecule has 9 heteroatoms. The number of aromatic nitrogens is 3. The molecule has 4 N–H and O–H groups in total. The Labute approximate surface area is 115 Å². The van der Waals surface area contributed by atoms with Gasteiger partial charge < -0.3 is 10.3 Å². The number of nitrogen functional groups attached to an aromatic ring is 1. The minimum atomic E-state index is -3.84. The molecule has 0 bridgehead atoms. The number of nitrogens with zero attached hydrogens (tertiary/aromatic N) is 3. The van der Waals surface area contributed by atoms with E-state index in [9.17, 15) is 8.42 Å². The molecule has 19 heavy (non-hydrogen) atoms. The van der Waals surface area contributed by atoms with E-state index in [1.54, 1.807) is 30.7 Å². The summed E-state index contributed by atoms with van der Waals surface area (Å²) in [5.41, 5.74) is 5.92. The Morgan fingerprint density at radius 1 is 1.32 bits per heavy atom. The third kappa shape index (κ3) is 2.88. The van der Waals surface area contributed by atoms with Crippen LogP contribution >= 0.6 is 11.8 Å². The van der Waals surface area contributed by atoms with Crippen LogP contribution in [0.15, 0.2) is 33.1 Å². The normalized spacial score (nSPS) is 11.7. The Balaban J connectivity index is 2.49. The van der Waals surface area contributed by atoms with Gasteiger partial charge in [-0.3, -0.25) is 0 Å². The molecule has 2 aromatic rings. The van der Waals surface area contributed by atoms with Crippen molar-refractivity contribution >= 4 is 27.5 Å². The van der Waals surface area contributed by atoms with Crippen molar-refractivity contribution in [2.75, 3.05) is 5.73 Å². The van der Waals surface area contributed by atoms with Crippen LogP contribution in [0.5, 0.6) is 0 Å². The number of sulfonamides is 1. The Bertz CT molecular complexity index is 724. The van der Waals surface area contributed by atoms with E-state index < -0.39 is 10.0 Å². The average Bonchev–Trinajstić information content (AvgIpc) is 2.62. The first-order valence-corrected chi connectivity index (χ1v) is 7.61. The first-order valence-electron chi connectivity index (χ1n) is 5.25. The Hall–Kier alpha value is -1.58. The maximum absolute atomic E-state index is 11.6. The Morgan fingerprint density at radius 2 is 2.00 bits per heavy atom. The molecule has 0 aliphatic carbocycles. The zero-order valence-electron chi connectivity index (χ0n) is 10.4. The lowest BCUT2D eigenvalue weighted by Gasteiger charge is -2.07. The first kappa shape index (κ1) is 13.8. The number of benzene rings is 1. The van der Waals surface area contributed by atoms with Crippen LogP contribution in [0.3, 0.4) is 0 Å². The van der Waals surface area contributed by atoms with E-state index in [-0.39, 0.29) is 4.90 Å². The predicted octanol–water partition coefficient (Wildman–Crippen LogP) is 0.504. The van der Waals surface area contributed by atoms with Gasteiger partial charge in [-0.15, -0.1) is 10.2 Å². The highest BCUT2D eigenvalue weighted by molar-refractivity contribution is 8.00. The summed E-state index contributed by atoms with van der Waals surface area (Å²) in [5, 5.41) is 13.6. The SMILES string of the molecule is Cc1nnc(Sc2ccc(N)cc2S(N)(=O)=O)n1C. The quantitative estimate of drug-likeness (QED) is 0.797. The second-order valence-corrected chi connectivity index (χ2v) is 6.48. The standard InChI is InChI=1S/C10H13N5O2S2/c1-6-13-14-10(15(6)2)18-8-4-3-7(11)5-9(8)19(12,16)17/h3-5H,11H2,1-2H3,(H2,12,16,17). The fraction of sp³-hybridized carbons (Fsp3) is 0.200. The molecule has 0 aliphatic rings. The van der Waals surface area contributed by atoms with Gasteiger partial charge in [-0.2, -0.15) is 0 Å². The molecule has 0 radical (unpaired) electrons. The van der Waals surface area contributed by atoms with Crippen LogP contribution in [0.25, 0.3) is 0 Å². The van der Waals surface area contributed by atoms with Crippen LogP contribution < -0.4 is 10.9 Å². The van der Waals surface area contributed by atoms with Crippen molar-refractivity contribution in [1.29, 1.82) is 0 Å². The van der Waals surface area contributed by atoms with Gasteiger partial charge in [0.2, 0.25) is 10.0 Å². The van der Waals surface area contributed by atoms with Crippen molar-refractivity contribution in [2.45, 2.75) is 21.9 Å². The van der Waals surface area contributed by atoms with E-state index in [0.717, 1.165) is 5.82 Å². The number of nitrogens with two attached hydrogens (primary N) is 2. The molecule has 102 valence electrons. The second kappa shape index (κ2) is 4.83. The van der Waals surface area contributed by atoms with Crippen molar-refractivity contribution in [3.63, 3.8) is 0 Å². The van der Waals surface area contributed by atoms with E-state index in [1.165, 1.54) is 17.8 Å². The van der Waals surface area contributed by atoms with Crippen molar-refractivity contribution in [2.24, 2.45) is 12.2 Å². The maximum Gasteiger partial charge on any atom is 0.239 e. The summed E-state index contributed by atoms with van der Waals surface area (Å²) in [6, 6.07) is 4.55. The molecule has 0 amide bonds. The third-order valence-electron chi connectivity index (χ3n) is 2.53. The van der Waals surface area contributed by atoms with Crippen LogP contribution in [0.4, 0.5) is 5.69 Å². The Morgan fingerprint density at radius 3 is 2.53 bits per heavy atom. The van der Waals surface area contributed by atoms with Crippen LogP contribution in [0.1, 0.15) is 5.82 Å². The minimum Gasteiger partial charge on any atom is -0.399 e. The lowest BCUT2D eigenvalue weighted by atomic mass is 10.3. The molecule has 2 rings (SSSR count). The lowest BCUT2D eigenvalue weighted by molar-refractivity contribution is 0.596. The van der Waals surface area contributed by atoms with Gasteiger partial charge in [-0.05, 0) is 36.9 Å². The highest BCUT2D eigenvalue weighted by Gasteiger charge is 2.17. The van der Waals surface area contributed by atoms with Gasteiger partial charge in [-0.25, -0.2) is 13.6 Å². The minimum absolute atomic E-state index is 0.0156. The van der Waals surface area contributed by atoms with Gasteiger partial charge in [0.15, 0.2) is 5.16 Å². The largest absolute Gasteiger partial charge is 0.399 e. The third-order valence-corrected chi connectivity index (χ3v) is 4.72. The zero-order chi connectivity index (χ0) is 14.2. The number of anilines is 1. The van der Waals surface area contributed by atoms with Crippen molar-refractivity contribution in [3.8, 4) is 0 Å². The van der Waals surface area contributed by atoms with Crippen LogP contribution in [-0.2, 0) is 17.1 Å². The molecule has 7 nitrogen and oxygen atoms in total. The van der Waals surface area contributed by atoms with Gasteiger partial charge in [0.25, 0.3) is 0 Å². The smallest absolute Gasteiger partial charge is 0.239 e. The molecule has 0 atom stereocenters. The van der Waals surface area contributed by atoms with E-state index in [0.29, 0.717) is 15.7 Å². The number of rotatable bonds is 3. The number of aryl methyl sites for hydroxylation is 1. The highest BCUT2D eigenvalue weighted by atomic mass is 32.2. The van der Waals surface area contributed by atoms with Gasteiger partial charge in [-0.1, -0.05) is 0 Å². The predicted molar refractivity (Wildman–Crippen MR) is 72.1 cm³/mol. The molecule has 0 unspecified atom stereocenters. The van der Waals surface area contributed by atoms with Crippen molar-refractivity contribution in [3.05, 3.63) is 24.0 Å². The van der Waals surface area contributed by atoms with Crippen molar-refractivity contribution < 1.29 is 8.42 Å². The van der Waals surface area contributed by atoms with Gasteiger partial charge in [0.05, 0.1) is 4.90 Å². The van der Waals surface area contributed by atoms with E-state index in [2.05, 4.69) is 10.2 Å². The lowest BCUT2D eigenvalue weighted by Crippen LogP contribution is -2.13. The van der Waals surface area contributed by atoms with E-state index >= 15 is 0 Å². The average molecular weight is 299 g/mol. The molecular formula is C10H13N5O2S2. The molecule has 1 heterocycles. The highest BCUT2D eigenvalue weighted by Crippen LogP contribution is 2.32. The number of hydrogen-bond acceptors (Lipinski definition) is 6. The maximum atomic E-state index is 11.6. The molecule has 0 saturated heterocycles. The summed E-state index contributed by atoms with van der Waals surface area (Å²) < 4.78 is 24.9. The number of hydrogen-bond donors (Lipinski definition) is 2. The van der Waals surface area contributed by atoms with Crippen LogP contribution in [-0.4, -0.2) is 23.2 Å². The van der Waals surface area contributed by atoms with Gasteiger partial charge >= 0.3 is 0 Å². The van der Waals surface area contributed by atoms with Crippen LogP contribution in [0.2, 0.25) is 0 Å². The molecular weight excluding hydrogens is 286 g/mol. The molecule has 1 aromatic heterocycles. The summed E-state index contributed by atoms with van der Waals surface area (Å²) in [5.74, 6) is 0.732. The summed E-state index contributed by atoms with van der Waals surface area (Å²) in [4.78, 5) is 0.449. The van der Waals surface area contributed by atoms with Gasteiger partial charge in [0, 0.05) is 17.6 Å². The summed E-state index contributed by atoms with van der Waals surface area (Å²) in [7, 11) is -2.04. The fourth-order valence-electron chi connectivity index (χ4n) is 1.41. The van der Waals surface area contributed by atoms with E-state index in [1.807, 2.05) is 0 Å². The zero-order valence-corrected chi connectivity index (χ0v) is 12.0. The first-order chi connectivity index (χ1) is 8.79.